The number of hydrogen-bond acceptors (Lipinski definition) is 5. The first-order valence-electron chi connectivity index (χ1n) is 5.50. The van der Waals surface area contributed by atoms with Crippen LogP contribution in [0.5, 0.6) is 0 Å². The summed E-state index contributed by atoms with van der Waals surface area (Å²) in [5.41, 5.74) is -0.323. The lowest BCUT2D eigenvalue weighted by molar-refractivity contribution is -0.402. The maximum absolute atomic E-state index is 11.8. The number of hydrogen-bond donors (Lipinski definition) is 0. The summed E-state index contributed by atoms with van der Waals surface area (Å²) in [6.07, 6.45) is 0.513. The number of halogens is 1. The molecule has 0 N–H and O–H groups in total. The molecule has 0 bridgehead atoms. The normalized spacial score (nSPS) is 10.6. The third-order valence-corrected chi connectivity index (χ3v) is 2.71. The number of aryl methyl sites for hydroxylation is 1. The Balaban J connectivity index is 2.37. The lowest BCUT2D eigenvalue weighted by atomic mass is 10.3. The van der Waals surface area contributed by atoms with Crippen LogP contribution in [-0.2, 0) is 13.0 Å². The summed E-state index contributed by atoms with van der Waals surface area (Å²) in [6.45, 7) is 1.92. The van der Waals surface area contributed by atoms with Crippen LogP contribution < -0.4 is 5.56 Å². The molecule has 100 valence electrons. The Kier molecular flexibility index (Phi) is 3.66. The van der Waals surface area contributed by atoms with E-state index in [9.17, 15) is 14.9 Å². The predicted octanol–water partition coefficient (Wildman–Crippen LogP) is 2.01. The van der Waals surface area contributed by atoms with Crippen LogP contribution in [0.25, 0.3) is 0 Å². The SMILES string of the molecule is CCc1nc(Cl)cc(=O)n1Cc1ccc([N+](=O)[O-])o1. The minimum atomic E-state index is -0.632. The topological polar surface area (TPSA) is 91.2 Å². The molecule has 0 saturated heterocycles. The monoisotopic (exact) mass is 283 g/mol. The highest BCUT2D eigenvalue weighted by Gasteiger charge is 2.14. The molecule has 0 unspecified atom stereocenters. The molecule has 7 nitrogen and oxygen atoms in total. The Hall–Kier alpha value is -2.15. The highest BCUT2D eigenvalue weighted by Crippen LogP contribution is 2.16. The van der Waals surface area contributed by atoms with E-state index in [1.54, 1.807) is 0 Å². The zero-order chi connectivity index (χ0) is 14.0. The van der Waals surface area contributed by atoms with Crippen LogP contribution in [0.1, 0.15) is 18.5 Å². The van der Waals surface area contributed by atoms with Crippen molar-refractivity contribution in [1.82, 2.24) is 9.55 Å². The van der Waals surface area contributed by atoms with Gasteiger partial charge in [-0.3, -0.25) is 19.5 Å². The van der Waals surface area contributed by atoms with Gasteiger partial charge in [0.05, 0.1) is 12.6 Å². The van der Waals surface area contributed by atoms with Crippen molar-refractivity contribution in [2.45, 2.75) is 19.9 Å². The summed E-state index contributed by atoms with van der Waals surface area (Å²) in [6, 6.07) is 3.89. The molecule has 19 heavy (non-hydrogen) atoms. The van der Waals surface area contributed by atoms with Crippen LogP contribution in [0.15, 0.2) is 27.4 Å². The molecule has 0 aliphatic rings. The van der Waals surface area contributed by atoms with Crippen LogP contribution in [0.3, 0.4) is 0 Å². The van der Waals surface area contributed by atoms with E-state index in [1.807, 2.05) is 6.92 Å². The smallest absolute Gasteiger partial charge is 0.404 e. The van der Waals surface area contributed by atoms with E-state index in [2.05, 4.69) is 4.98 Å². The Morgan fingerprint density at radius 3 is 2.84 bits per heavy atom. The Morgan fingerprint density at radius 2 is 2.26 bits per heavy atom. The number of aromatic nitrogens is 2. The molecule has 2 aromatic rings. The summed E-state index contributed by atoms with van der Waals surface area (Å²) in [7, 11) is 0. The van der Waals surface area contributed by atoms with Gasteiger partial charge in [-0.2, -0.15) is 0 Å². The summed E-state index contributed by atoms with van der Waals surface area (Å²) >= 11 is 5.71. The fraction of sp³-hybridized carbons (Fsp3) is 0.273. The van der Waals surface area contributed by atoms with Gasteiger partial charge >= 0.3 is 5.88 Å². The van der Waals surface area contributed by atoms with E-state index >= 15 is 0 Å². The Bertz CT molecular complexity index is 677. The third-order valence-electron chi connectivity index (χ3n) is 2.51. The average molecular weight is 284 g/mol. The van der Waals surface area contributed by atoms with E-state index in [4.69, 9.17) is 16.0 Å². The maximum atomic E-state index is 11.8. The highest BCUT2D eigenvalue weighted by molar-refractivity contribution is 6.29. The molecule has 8 heteroatoms. The molecule has 2 rings (SSSR count). The molecule has 2 aromatic heterocycles. The van der Waals surface area contributed by atoms with Crippen molar-refractivity contribution < 1.29 is 9.34 Å². The van der Waals surface area contributed by atoms with Crippen molar-refractivity contribution in [2.24, 2.45) is 0 Å². The molecule has 0 aliphatic carbocycles. The fourth-order valence-corrected chi connectivity index (χ4v) is 1.86. The van der Waals surface area contributed by atoms with Gasteiger partial charge in [-0.25, -0.2) is 4.98 Å². The fourth-order valence-electron chi connectivity index (χ4n) is 1.67. The zero-order valence-electron chi connectivity index (χ0n) is 10.00. The van der Waals surface area contributed by atoms with Crippen LogP contribution in [0.2, 0.25) is 5.15 Å². The Labute approximate surface area is 112 Å². The van der Waals surface area contributed by atoms with E-state index in [0.29, 0.717) is 18.0 Å². The van der Waals surface area contributed by atoms with Gasteiger partial charge in [0.25, 0.3) is 5.56 Å². The molecule has 2 heterocycles. The largest absolute Gasteiger partial charge is 0.433 e. The lowest BCUT2D eigenvalue weighted by Crippen LogP contribution is -2.24. The van der Waals surface area contributed by atoms with Crippen molar-refractivity contribution in [1.29, 1.82) is 0 Å². The summed E-state index contributed by atoms with van der Waals surface area (Å²) < 4.78 is 6.38. The first-order valence-corrected chi connectivity index (χ1v) is 5.88. The second-order valence-electron chi connectivity index (χ2n) is 3.77. The van der Waals surface area contributed by atoms with Crippen molar-refractivity contribution in [2.75, 3.05) is 0 Å². The van der Waals surface area contributed by atoms with Gasteiger partial charge in [0.2, 0.25) is 0 Å². The summed E-state index contributed by atoms with van der Waals surface area (Å²) in [5, 5.41) is 10.6. The Morgan fingerprint density at radius 1 is 1.53 bits per heavy atom. The molecule has 0 fully saturated rings. The van der Waals surface area contributed by atoms with Crippen molar-refractivity contribution in [3.8, 4) is 0 Å². The maximum Gasteiger partial charge on any atom is 0.433 e. The van der Waals surface area contributed by atoms with Gasteiger partial charge in [0.1, 0.15) is 21.7 Å². The molecule has 0 amide bonds. The number of nitrogens with zero attached hydrogens (tertiary/aromatic N) is 3. The first-order chi connectivity index (χ1) is 9.01. The molecule has 0 atom stereocenters. The number of nitro groups is 1. The van der Waals surface area contributed by atoms with Crippen LogP contribution >= 0.6 is 11.6 Å². The highest BCUT2D eigenvalue weighted by atomic mass is 35.5. The van der Waals surface area contributed by atoms with Crippen LogP contribution in [-0.4, -0.2) is 14.5 Å². The van der Waals surface area contributed by atoms with E-state index in [0.717, 1.165) is 0 Å². The van der Waals surface area contributed by atoms with Gasteiger partial charge in [-0.15, -0.1) is 0 Å². The quantitative estimate of drug-likeness (QED) is 0.486. The van der Waals surface area contributed by atoms with E-state index < -0.39 is 4.92 Å². The third kappa shape index (κ3) is 2.82. The van der Waals surface area contributed by atoms with Crippen molar-refractivity contribution in [3.63, 3.8) is 0 Å². The van der Waals surface area contributed by atoms with Crippen molar-refractivity contribution in [3.05, 3.63) is 55.4 Å². The standard InChI is InChI=1S/C11H10ClN3O4/c1-2-9-13-8(12)5-10(16)14(9)6-7-3-4-11(19-7)15(17)18/h3-5H,2,6H2,1H3. The molecular weight excluding hydrogens is 274 g/mol. The van der Waals surface area contributed by atoms with Crippen molar-refractivity contribution >= 4 is 17.5 Å². The van der Waals surface area contributed by atoms with Gasteiger partial charge in [-0.1, -0.05) is 18.5 Å². The second kappa shape index (κ2) is 5.23. The van der Waals surface area contributed by atoms with E-state index in [1.165, 1.54) is 22.8 Å². The van der Waals surface area contributed by atoms with Gasteiger partial charge in [-0.05, 0) is 6.07 Å². The van der Waals surface area contributed by atoms with Gasteiger partial charge < -0.3 is 4.42 Å². The predicted molar refractivity (Wildman–Crippen MR) is 67.3 cm³/mol. The number of furan rings is 1. The zero-order valence-corrected chi connectivity index (χ0v) is 10.8. The average Bonchev–Trinajstić information content (AvgIpc) is 2.81. The van der Waals surface area contributed by atoms with Gasteiger partial charge in [0.15, 0.2) is 0 Å². The summed E-state index contributed by atoms with van der Waals surface area (Å²) in [5.74, 6) is 0.451. The molecule has 0 aromatic carbocycles. The number of rotatable bonds is 4. The molecule has 0 radical (unpaired) electrons. The second-order valence-corrected chi connectivity index (χ2v) is 4.16. The van der Waals surface area contributed by atoms with Gasteiger partial charge in [0, 0.05) is 12.5 Å². The molecule has 0 saturated carbocycles. The minimum absolute atomic E-state index is 0.0833. The molecular formula is C11H10ClN3O4. The first kappa shape index (κ1) is 13.3. The van der Waals surface area contributed by atoms with Crippen LogP contribution in [0.4, 0.5) is 5.88 Å². The molecule has 0 aliphatic heterocycles. The minimum Gasteiger partial charge on any atom is -0.404 e. The summed E-state index contributed by atoms with van der Waals surface area (Å²) in [4.78, 5) is 25.8. The lowest BCUT2D eigenvalue weighted by Gasteiger charge is -2.08. The van der Waals surface area contributed by atoms with E-state index in [-0.39, 0.29) is 23.1 Å². The van der Waals surface area contributed by atoms with Crippen LogP contribution in [0, 0.1) is 10.1 Å². The molecule has 0 spiro atoms.